The molecule has 1 aromatic carbocycles. The average molecular weight is 316 g/mol. The van der Waals surface area contributed by atoms with Crippen molar-refractivity contribution in [2.75, 3.05) is 7.11 Å². The Bertz CT molecular complexity index is 725. The average Bonchev–Trinajstić information content (AvgIpc) is 3.23. The van der Waals surface area contributed by atoms with Crippen molar-refractivity contribution in [1.82, 2.24) is 10.2 Å². The highest BCUT2D eigenvalue weighted by atomic mass is 32.2. The van der Waals surface area contributed by atoms with Gasteiger partial charge >= 0.3 is 0 Å². The van der Waals surface area contributed by atoms with Crippen LogP contribution in [0.4, 0.5) is 0 Å². The van der Waals surface area contributed by atoms with Gasteiger partial charge in [-0.2, -0.15) is 0 Å². The highest BCUT2D eigenvalue weighted by molar-refractivity contribution is 7.98. The monoisotopic (exact) mass is 316 g/mol. The zero-order valence-corrected chi connectivity index (χ0v) is 13.2. The molecule has 2 aromatic heterocycles. The summed E-state index contributed by atoms with van der Waals surface area (Å²) in [5, 5.41) is 8.31. The zero-order chi connectivity index (χ0) is 15.4. The molecule has 3 aromatic rings. The first-order valence-electron chi connectivity index (χ1n) is 6.88. The van der Waals surface area contributed by atoms with Gasteiger partial charge in [0.2, 0.25) is 5.89 Å². The number of benzene rings is 1. The van der Waals surface area contributed by atoms with E-state index in [1.807, 2.05) is 18.2 Å². The van der Waals surface area contributed by atoms with Crippen molar-refractivity contribution in [3.8, 4) is 17.4 Å². The Morgan fingerprint density at radius 2 is 2.05 bits per heavy atom. The second-order valence-electron chi connectivity index (χ2n) is 4.67. The maximum Gasteiger partial charge on any atom is 0.283 e. The van der Waals surface area contributed by atoms with Crippen molar-refractivity contribution in [3.63, 3.8) is 0 Å². The predicted molar refractivity (Wildman–Crippen MR) is 84.7 cm³/mol. The van der Waals surface area contributed by atoms with Gasteiger partial charge in [-0.3, -0.25) is 0 Å². The summed E-state index contributed by atoms with van der Waals surface area (Å²) in [4.78, 5) is 0. The van der Waals surface area contributed by atoms with E-state index in [0.29, 0.717) is 23.3 Å². The molecular weight excluding hydrogens is 300 g/mol. The summed E-state index contributed by atoms with van der Waals surface area (Å²) in [5.74, 6) is 3.10. The van der Waals surface area contributed by atoms with Crippen LogP contribution in [0.25, 0.3) is 11.7 Å². The van der Waals surface area contributed by atoms with Gasteiger partial charge in [0.25, 0.3) is 5.89 Å². The number of methoxy groups -OCH3 is 1. The number of rotatable bonds is 6. The highest BCUT2D eigenvalue weighted by Crippen LogP contribution is 2.36. The van der Waals surface area contributed by atoms with Crippen LogP contribution in [0.2, 0.25) is 0 Å². The minimum Gasteiger partial charge on any atom is -0.496 e. The number of ether oxygens (including phenoxy) is 1. The molecule has 0 aliphatic carbocycles. The molecule has 0 N–H and O–H groups in total. The van der Waals surface area contributed by atoms with Crippen LogP contribution < -0.4 is 4.74 Å². The molecular formula is C16H16N2O3S. The predicted octanol–water partition coefficient (Wildman–Crippen LogP) is 4.33. The quantitative estimate of drug-likeness (QED) is 0.674. The van der Waals surface area contributed by atoms with Gasteiger partial charge in [-0.05, 0) is 25.1 Å². The van der Waals surface area contributed by atoms with Crippen LogP contribution >= 0.6 is 11.8 Å². The van der Waals surface area contributed by atoms with E-state index in [0.717, 1.165) is 11.3 Å². The minimum atomic E-state index is 0.259. The zero-order valence-electron chi connectivity index (χ0n) is 12.4. The van der Waals surface area contributed by atoms with Gasteiger partial charge in [-0.25, -0.2) is 0 Å². The molecule has 0 aliphatic heterocycles. The number of hydrogen-bond donors (Lipinski definition) is 0. The molecule has 6 heteroatoms. The first-order chi connectivity index (χ1) is 10.8. The SMILES string of the molecule is COc1ccccc1[C@@H](C)SCc1nnc(-c2ccco2)o1. The number of thioether (sulfide) groups is 1. The van der Waals surface area contributed by atoms with Gasteiger partial charge in [0.15, 0.2) is 5.76 Å². The van der Waals surface area contributed by atoms with E-state index in [2.05, 4.69) is 23.2 Å². The van der Waals surface area contributed by atoms with Crippen molar-refractivity contribution in [2.24, 2.45) is 0 Å². The van der Waals surface area contributed by atoms with Gasteiger partial charge in [0.1, 0.15) is 5.75 Å². The highest BCUT2D eigenvalue weighted by Gasteiger charge is 2.15. The van der Waals surface area contributed by atoms with E-state index >= 15 is 0 Å². The second-order valence-corrected chi connectivity index (χ2v) is 6.00. The summed E-state index contributed by atoms with van der Waals surface area (Å²) in [5.41, 5.74) is 1.15. The van der Waals surface area contributed by atoms with Gasteiger partial charge < -0.3 is 13.6 Å². The van der Waals surface area contributed by atoms with Crippen LogP contribution in [-0.2, 0) is 5.75 Å². The molecule has 0 fully saturated rings. The molecule has 22 heavy (non-hydrogen) atoms. The van der Waals surface area contributed by atoms with E-state index in [4.69, 9.17) is 13.6 Å². The van der Waals surface area contributed by atoms with Crippen LogP contribution in [0.5, 0.6) is 5.75 Å². The van der Waals surface area contributed by atoms with Crippen molar-refractivity contribution in [3.05, 3.63) is 54.1 Å². The lowest BCUT2D eigenvalue weighted by molar-refractivity contribution is 0.410. The minimum absolute atomic E-state index is 0.259. The standard InChI is InChI=1S/C16H16N2O3S/c1-11(12-6-3-4-7-13(12)19-2)22-10-15-17-18-16(21-15)14-8-5-9-20-14/h3-9,11H,10H2,1-2H3/t11-/m1/s1. The Morgan fingerprint density at radius 3 is 2.82 bits per heavy atom. The van der Waals surface area contributed by atoms with Crippen molar-refractivity contribution in [1.29, 1.82) is 0 Å². The van der Waals surface area contributed by atoms with E-state index in [-0.39, 0.29) is 5.25 Å². The Morgan fingerprint density at radius 1 is 1.18 bits per heavy atom. The van der Waals surface area contributed by atoms with Crippen molar-refractivity contribution >= 4 is 11.8 Å². The first kappa shape index (κ1) is 14.7. The topological polar surface area (TPSA) is 61.3 Å². The third-order valence-electron chi connectivity index (χ3n) is 3.23. The molecule has 0 bridgehead atoms. The molecule has 0 saturated carbocycles. The summed E-state index contributed by atoms with van der Waals surface area (Å²) in [6, 6.07) is 11.6. The van der Waals surface area contributed by atoms with Crippen LogP contribution in [0, 0.1) is 0 Å². The second kappa shape index (κ2) is 6.70. The molecule has 0 aliphatic rings. The first-order valence-corrected chi connectivity index (χ1v) is 7.93. The molecule has 1 atom stereocenters. The Hall–Kier alpha value is -2.21. The molecule has 0 unspecified atom stereocenters. The van der Waals surface area contributed by atoms with Crippen LogP contribution in [0.1, 0.15) is 23.6 Å². The van der Waals surface area contributed by atoms with Gasteiger partial charge in [0.05, 0.1) is 19.1 Å². The van der Waals surface area contributed by atoms with Crippen LogP contribution in [-0.4, -0.2) is 17.3 Å². The van der Waals surface area contributed by atoms with E-state index in [1.165, 1.54) is 0 Å². The molecule has 0 radical (unpaired) electrons. The molecule has 2 heterocycles. The molecule has 0 spiro atoms. The third kappa shape index (κ3) is 3.17. The fourth-order valence-corrected chi connectivity index (χ4v) is 2.98. The van der Waals surface area contributed by atoms with E-state index in [9.17, 15) is 0 Å². The Labute approximate surface area is 132 Å². The molecule has 3 rings (SSSR count). The fourth-order valence-electron chi connectivity index (χ4n) is 2.10. The van der Waals surface area contributed by atoms with Crippen molar-refractivity contribution < 1.29 is 13.6 Å². The van der Waals surface area contributed by atoms with E-state index < -0.39 is 0 Å². The summed E-state index contributed by atoms with van der Waals surface area (Å²) < 4.78 is 16.2. The molecule has 0 saturated heterocycles. The Balaban J connectivity index is 1.65. The number of hydrogen-bond acceptors (Lipinski definition) is 6. The summed E-state index contributed by atoms with van der Waals surface area (Å²) in [7, 11) is 1.68. The number of furan rings is 1. The maximum absolute atomic E-state index is 5.60. The lowest BCUT2D eigenvalue weighted by atomic mass is 10.1. The normalized spacial score (nSPS) is 12.3. The summed E-state index contributed by atoms with van der Waals surface area (Å²) >= 11 is 1.72. The number of para-hydroxylation sites is 1. The van der Waals surface area contributed by atoms with Crippen molar-refractivity contribution in [2.45, 2.75) is 17.9 Å². The number of nitrogens with zero attached hydrogens (tertiary/aromatic N) is 2. The van der Waals surface area contributed by atoms with Gasteiger partial charge in [0, 0.05) is 10.8 Å². The molecule has 0 amide bonds. The van der Waals surface area contributed by atoms with Gasteiger partial charge in [-0.1, -0.05) is 18.2 Å². The fraction of sp³-hybridized carbons (Fsp3) is 0.250. The third-order valence-corrected chi connectivity index (χ3v) is 4.40. The smallest absolute Gasteiger partial charge is 0.283 e. The maximum atomic E-state index is 5.60. The molecule has 114 valence electrons. The van der Waals surface area contributed by atoms with Crippen LogP contribution in [0.3, 0.4) is 0 Å². The molecule has 5 nitrogen and oxygen atoms in total. The summed E-state index contributed by atoms with van der Waals surface area (Å²) in [6.45, 7) is 2.13. The van der Waals surface area contributed by atoms with E-state index in [1.54, 1.807) is 37.3 Å². The largest absolute Gasteiger partial charge is 0.496 e. The summed E-state index contributed by atoms with van der Waals surface area (Å²) in [6.07, 6.45) is 1.58. The Kier molecular flexibility index (Phi) is 4.48. The van der Waals surface area contributed by atoms with Crippen LogP contribution in [0.15, 0.2) is 51.5 Å². The lowest BCUT2D eigenvalue weighted by Gasteiger charge is -2.14. The lowest BCUT2D eigenvalue weighted by Crippen LogP contribution is -1.95. The number of aromatic nitrogens is 2. The van der Waals surface area contributed by atoms with Gasteiger partial charge in [-0.15, -0.1) is 22.0 Å².